The number of nitrogens with zero attached hydrogens (tertiary/aromatic N) is 1. The van der Waals surface area contributed by atoms with Crippen LogP contribution in [0.1, 0.15) is 36.5 Å². The molecule has 5 N–H and O–H groups in total. The molecule has 1 amide bonds. The maximum absolute atomic E-state index is 12.8. The van der Waals surface area contributed by atoms with Gasteiger partial charge in [-0.1, -0.05) is 35.9 Å². The molecule has 3 heterocycles. The van der Waals surface area contributed by atoms with E-state index in [1.54, 1.807) is 30.6 Å². The molecule has 0 radical (unpaired) electrons. The second kappa shape index (κ2) is 8.27. The Morgan fingerprint density at radius 1 is 1.14 bits per heavy atom. The Hall–Kier alpha value is -3.59. The van der Waals surface area contributed by atoms with E-state index in [1.165, 1.54) is 0 Å². The fourth-order valence-electron chi connectivity index (χ4n) is 5.02. The molecule has 2 aliphatic rings. The molecule has 2 aromatic carbocycles. The van der Waals surface area contributed by atoms with E-state index in [0.29, 0.717) is 69.3 Å². The third-order valence-corrected chi connectivity index (χ3v) is 7.13. The highest BCUT2D eigenvalue weighted by Gasteiger charge is 2.48. The normalized spacial score (nSPS) is 22.0. The lowest BCUT2D eigenvalue weighted by atomic mass is 9.91. The minimum atomic E-state index is -1.06. The van der Waals surface area contributed by atoms with Crippen molar-refractivity contribution >= 4 is 39.9 Å². The first-order chi connectivity index (χ1) is 16.9. The van der Waals surface area contributed by atoms with E-state index in [-0.39, 0.29) is 5.91 Å². The summed E-state index contributed by atoms with van der Waals surface area (Å²) in [5.41, 5.74) is 1.94. The molecule has 0 saturated heterocycles. The number of ether oxygens (including phenoxy) is 1. The standard InChI is InChI=1S/C26H23ClN4O4/c27-19-10-16(35-15-4-2-1-3-5-15)6-7-17(19)23(33)18-12-28-24-21(18)22-20(13-29-24)30-25(34)26(31-22)9-8-14(32)11-26/h1-7,10,12-14,23,31-33H,8-9,11H2,(H,28,29)(H,30,34). The number of rotatable bonds is 4. The van der Waals surface area contributed by atoms with E-state index in [4.69, 9.17) is 16.3 Å². The maximum atomic E-state index is 12.8. The zero-order valence-corrected chi connectivity index (χ0v) is 19.3. The first kappa shape index (κ1) is 21.9. The third kappa shape index (κ3) is 3.70. The number of halogens is 1. The third-order valence-electron chi connectivity index (χ3n) is 6.81. The molecule has 6 rings (SSSR count). The van der Waals surface area contributed by atoms with Crippen molar-refractivity contribution in [2.45, 2.75) is 37.0 Å². The zero-order valence-electron chi connectivity index (χ0n) is 18.6. The van der Waals surface area contributed by atoms with Gasteiger partial charge in [0.25, 0.3) is 0 Å². The minimum Gasteiger partial charge on any atom is -0.457 e. The van der Waals surface area contributed by atoms with Gasteiger partial charge in [0, 0.05) is 23.7 Å². The SMILES string of the molecule is O=C1Nc2cnc3[nH]cc(C(O)c4ccc(Oc5ccccc5)cc4Cl)c3c2NC12CCC(O)C2. The molecule has 9 heteroatoms. The number of para-hydroxylation sites is 1. The van der Waals surface area contributed by atoms with E-state index >= 15 is 0 Å². The van der Waals surface area contributed by atoms with Crippen LogP contribution < -0.4 is 15.4 Å². The van der Waals surface area contributed by atoms with Gasteiger partial charge < -0.3 is 30.6 Å². The fourth-order valence-corrected chi connectivity index (χ4v) is 5.30. The molecule has 1 saturated carbocycles. The van der Waals surface area contributed by atoms with Gasteiger partial charge >= 0.3 is 0 Å². The van der Waals surface area contributed by atoms with Crippen molar-refractivity contribution in [2.75, 3.05) is 10.6 Å². The molecule has 1 fully saturated rings. The summed E-state index contributed by atoms with van der Waals surface area (Å²) in [5, 5.41) is 28.8. The summed E-state index contributed by atoms with van der Waals surface area (Å²) in [6.07, 6.45) is 3.05. The molecule has 4 aromatic rings. The van der Waals surface area contributed by atoms with Gasteiger partial charge in [0.05, 0.1) is 34.1 Å². The quantitative estimate of drug-likeness (QED) is 0.282. The molecule has 1 aliphatic carbocycles. The molecule has 1 spiro atoms. The lowest BCUT2D eigenvalue weighted by molar-refractivity contribution is -0.120. The molecular formula is C26H23ClN4O4. The summed E-state index contributed by atoms with van der Waals surface area (Å²) in [4.78, 5) is 20.4. The highest BCUT2D eigenvalue weighted by Crippen LogP contribution is 2.45. The number of aromatic amines is 1. The molecular weight excluding hydrogens is 468 g/mol. The highest BCUT2D eigenvalue weighted by molar-refractivity contribution is 6.31. The largest absolute Gasteiger partial charge is 0.457 e. The average molecular weight is 491 g/mol. The summed E-state index contributed by atoms with van der Waals surface area (Å²) >= 11 is 6.57. The number of aromatic nitrogens is 2. The molecule has 35 heavy (non-hydrogen) atoms. The number of hydrogen-bond donors (Lipinski definition) is 5. The number of aliphatic hydroxyl groups is 2. The van der Waals surface area contributed by atoms with Crippen LogP contribution in [0.25, 0.3) is 11.0 Å². The van der Waals surface area contributed by atoms with Crippen LogP contribution in [0.4, 0.5) is 11.4 Å². The summed E-state index contributed by atoms with van der Waals surface area (Å²) in [6.45, 7) is 0. The second-order valence-electron chi connectivity index (χ2n) is 9.07. The Morgan fingerprint density at radius 2 is 1.97 bits per heavy atom. The van der Waals surface area contributed by atoms with Crippen molar-refractivity contribution in [3.05, 3.63) is 77.1 Å². The number of carbonyl (C=O) groups is 1. The Morgan fingerprint density at radius 3 is 2.71 bits per heavy atom. The van der Waals surface area contributed by atoms with E-state index in [9.17, 15) is 15.0 Å². The van der Waals surface area contributed by atoms with E-state index < -0.39 is 17.7 Å². The number of fused-ring (bicyclic) bond motifs is 3. The predicted molar refractivity (Wildman–Crippen MR) is 133 cm³/mol. The zero-order chi connectivity index (χ0) is 24.2. The van der Waals surface area contributed by atoms with Crippen molar-refractivity contribution in [2.24, 2.45) is 0 Å². The molecule has 0 bridgehead atoms. The van der Waals surface area contributed by atoms with Crippen LogP contribution in [0.3, 0.4) is 0 Å². The number of anilines is 2. The van der Waals surface area contributed by atoms with Gasteiger partial charge in [-0.15, -0.1) is 0 Å². The number of H-pyrrole nitrogens is 1. The van der Waals surface area contributed by atoms with Crippen molar-refractivity contribution in [3.63, 3.8) is 0 Å². The van der Waals surface area contributed by atoms with Gasteiger partial charge in [-0.25, -0.2) is 4.98 Å². The Bertz CT molecular complexity index is 1440. The molecule has 1 aliphatic heterocycles. The smallest absolute Gasteiger partial charge is 0.250 e. The van der Waals surface area contributed by atoms with E-state index in [2.05, 4.69) is 20.6 Å². The van der Waals surface area contributed by atoms with Crippen LogP contribution in [0.5, 0.6) is 11.5 Å². The Balaban J connectivity index is 1.37. The second-order valence-corrected chi connectivity index (χ2v) is 9.48. The van der Waals surface area contributed by atoms with Gasteiger partial charge in [0.1, 0.15) is 28.8 Å². The minimum absolute atomic E-state index is 0.183. The van der Waals surface area contributed by atoms with Crippen molar-refractivity contribution in [1.29, 1.82) is 0 Å². The number of benzene rings is 2. The number of amides is 1. The molecule has 3 unspecified atom stereocenters. The van der Waals surface area contributed by atoms with E-state index in [1.807, 2.05) is 30.3 Å². The average Bonchev–Trinajstić information content (AvgIpc) is 3.45. The summed E-state index contributed by atoms with van der Waals surface area (Å²) in [7, 11) is 0. The number of carbonyl (C=O) groups excluding carboxylic acids is 1. The van der Waals surface area contributed by atoms with Gasteiger partial charge in [-0.05, 0) is 37.1 Å². The summed E-state index contributed by atoms with van der Waals surface area (Å²) in [5.74, 6) is 1.06. The van der Waals surface area contributed by atoms with Crippen molar-refractivity contribution in [1.82, 2.24) is 9.97 Å². The molecule has 2 aromatic heterocycles. The van der Waals surface area contributed by atoms with Crippen LogP contribution in [0.2, 0.25) is 5.02 Å². The number of hydrogen-bond acceptors (Lipinski definition) is 6. The van der Waals surface area contributed by atoms with Crippen LogP contribution in [-0.2, 0) is 4.79 Å². The lowest BCUT2D eigenvalue weighted by Crippen LogP contribution is -2.51. The van der Waals surface area contributed by atoms with Crippen LogP contribution >= 0.6 is 11.6 Å². The first-order valence-electron chi connectivity index (χ1n) is 11.4. The topological polar surface area (TPSA) is 120 Å². The fraction of sp³-hybridized carbons (Fsp3) is 0.231. The van der Waals surface area contributed by atoms with Crippen LogP contribution in [0.15, 0.2) is 60.9 Å². The van der Waals surface area contributed by atoms with Gasteiger partial charge in [-0.3, -0.25) is 4.79 Å². The van der Waals surface area contributed by atoms with Gasteiger partial charge in [-0.2, -0.15) is 0 Å². The maximum Gasteiger partial charge on any atom is 0.250 e. The Kier molecular flexibility index (Phi) is 5.17. The monoisotopic (exact) mass is 490 g/mol. The molecule has 3 atom stereocenters. The predicted octanol–water partition coefficient (Wildman–Crippen LogP) is 4.74. The van der Waals surface area contributed by atoms with Gasteiger partial charge in [0.2, 0.25) is 5.91 Å². The van der Waals surface area contributed by atoms with Crippen LogP contribution in [-0.4, -0.2) is 37.7 Å². The Labute approximate surface area is 205 Å². The van der Waals surface area contributed by atoms with Crippen molar-refractivity contribution in [3.8, 4) is 11.5 Å². The molecule has 8 nitrogen and oxygen atoms in total. The lowest BCUT2D eigenvalue weighted by Gasteiger charge is -2.36. The number of pyridine rings is 1. The van der Waals surface area contributed by atoms with Crippen LogP contribution in [0, 0.1) is 0 Å². The highest BCUT2D eigenvalue weighted by atomic mass is 35.5. The molecule has 178 valence electrons. The summed E-state index contributed by atoms with van der Waals surface area (Å²) < 4.78 is 5.85. The van der Waals surface area contributed by atoms with E-state index in [0.717, 1.165) is 0 Å². The first-order valence-corrected chi connectivity index (χ1v) is 11.8. The number of aliphatic hydroxyl groups excluding tert-OH is 2. The number of nitrogens with one attached hydrogen (secondary N) is 3. The summed E-state index contributed by atoms with van der Waals surface area (Å²) in [6, 6.07) is 14.5. The van der Waals surface area contributed by atoms with Crippen molar-refractivity contribution < 1.29 is 19.7 Å². The van der Waals surface area contributed by atoms with Gasteiger partial charge in [0.15, 0.2) is 0 Å².